The number of para-hydroxylation sites is 1. The minimum atomic E-state index is -0.508. The number of nitrogens with one attached hydrogen (secondary N) is 2. The number of nitrogens with zero attached hydrogens (tertiary/aromatic N) is 1. The highest BCUT2D eigenvalue weighted by molar-refractivity contribution is 14.0. The second kappa shape index (κ2) is 10.8. The Kier molecular flexibility index (Phi) is 9.11. The van der Waals surface area contributed by atoms with Crippen LogP contribution in [0.5, 0.6) is 11.5 Å². The van der Waals surface area contributed by atoms with E-state index < -0.39 is 11.6 Å². The molecule has 2 rings (SSSR count). The second-order valence-electron chi connectivity index (χ2n) is 5.25. The fraction of sp³-hybridized carbons (Fsp3) is 0.278. The third-order valence-electron chi connectivity index (χ3n) is 3.51. The third-order valence-corrected chi connectivity index (χ3v) is 3.51. The molecule has 8 heteroatoms. The summed E-state index contributed by atoms with van der Waals surface area (Å²) in [7, 11) is 1.48. The van der Waals surface area contributed by atoms with Crippen LogP contribution in [0.2, 0.25) is 0 Å². The molecule has 0 aromatic heterocycles. The number of aliphatic imine (C=N–C) groups is 1. The predicted molar refractivity (Wildman–Crippen MR) is 108 cm³/mol. The molecule has 0 aliphatic carbocycles. The van der Waals surface area contributed by atoms with E-state index >= 15 is 0 Å². The molecular weight excluding hydrogens is 455 g/mol. The Morgan fingerprint density at radius 3 is 2.62 bits per heavy atom. The van der Waals surface area contributed by atoms with Gasteiger partial charge in [0.05, 0.1) is 13.7 Å². The van der Waals surface area contributed by atoms with Gasteiger partial charge in [0.1, 0.15) is 11.6 Å². The van der Waals surface area contributed by atoms with Gasteiger partial charge in [0.2, 0.25) is 0 Å². The summed E-state index contributed by atoms with van der Waals surface area (Å²) in [6.45, 7) is 2.77. The van der Waals surface area contributed by atoms with Crippen molar-refractivity contribution >= 4 is 29.9 Å². The SMILES string of the molecule is CCNC(=NCc1cc(F)ccc1F)NCc1cccc(OC)c1O.I. The zero-order valence-corrected chi connectivity index (χ0v) is 16.9. The van der Waals surface area contributed by atoms with Crippen molar-refractivity contribution in [1.82, 2.24) is 10.6 Å². The van der Waals surface area contributed by atoms with Crippen LogP contribution in [0.15, 0.2) is 41.4 Å². The first-order valence-corrected chi connectivity index (χ1v) is 7.86. The molecule has 2 aromatic rings. The molecule has 0 atom stereocenters. The molecule has 0 saturated heterocycles. The number of methoxy groups -OCH3 is 1. The number of benzene rings is 2. The van der Waals surface area contributed by atoms with E-state index in [-0.39, 0.29) is 41.8 Å². The van der Waals surface area contributed by atoms with Gasteiger partial charge in [0.25, 0.3) is 0 Å². The zero-order valence-electron chi connectivity index (χ0n) is 14.6. The topological polar surface area (TPSA) is 65.9 Å². The van der Waals surface area contributed by atoms with Gasteiger partial charge in [0.15, 0.2) is 17.5 Å². The van der Waals surface area contributed by atoms with Crippen molar-refractivity contribution in [2.75, 3.05) is 13.7 Å². The number of hydrogen-bond donors (Lipinski definition) is 3. The van der Waals surface area contributed by atoms with Crippen LogP contribution in [0, 0.1) is 11.6 Å². The quantitative estimate of drug-likeness (QED) is 0.339. The number of aromatic hydroxyl groups is 1. The highest BCUT2D eigenvalue weighted by Crippen LogP contribution is 2.29. The Morgan fingerprint density at radius 2 is 1.92 bits per heavy atom. The highest BCUT2D eigenvalue weighted by atomic mass is 127. The van der Waals surface area contributed by atoms with Crippen molar-refractivity contribution in [1.29, 1.82) is 0 Å². The Morgan fingerprint density at radius 1 is 1.15 bits per heavy atom. The lowest BCUT2D eigenvalue weighted by Gasteiger charge is -2.13. The summed E-state index contributed by atoms with van der Waals surface area (Å²) in [5.41, 5.74) is 0.795. The fourth-order valence-corrected chi connectivity index (χ4v) is 2.22. The van der Waals surface area contributed by atoms with E-state index in [0.29, 0.717) is 30.4 Å². The van der Waals surface area contributed by atoms with E-state index in [9.17, 15) is 13.9 Å². The van der Waals surface area contributed by atoms with Gasteiger partial charge in [-0.15, -0.1) is 24.0 Å². The molecule has 5 nitrogen and oxygen atoms in total. The molecule has 0 heterocycles. The van der Waals surface area contributed by atoms with Gasteiger partial charge < -0.3 is 20.5 Å². The molecule has 3 N–H and O–H groups in total. The normalized spacial score (nSPS) is 10.8. The van der Waals surface area contributed by atoms with E-state index in [4.69, 9.17) is 4.74 Å². The lowest BCUT2D eigenvalue weighted by atomic mass is 10.2. The number of phenols is 1. The van der Waals surface area contributed by atoms with Crippen LogP contribution in [-0.2, 0) is 13.1 Å². The van der Waals surface area contributed by atoms with Gasteiger partial charge in [-0.1, -0.05) is 12.1 Å². The summed E-state index contributed by atoms with van der Waals surface area (Å²) in [5.74, 6) is -0.168. The third kappa shape index (κ3) is 6.01. The molecule has 0 aliphatic rings. The van der Waals surface area contributed by atoms with Gasteiger partial charge in [-0.25, -0.2) is 13.8 Å². The molecule has 0 bridgehead atoms. The lowest BCUT2D eigenvalue weighted by molar-refractivity contribution is 0.370. The van der Waals surface area contributed by atoms with Crippen molar-refractivity contribution in [2.24, 2.45) is 4.99 Å². The van der Waals surface area contributed by atoms with Crippen LogP contribution in [0.4, 0.5) is 8.78 Å². The average molecular weight is 477 g/mol. The maximum Gasteiger partial charge on any atom is 0.191 e. The molecule has 0 spiro atoms. The first-order chi connectivity index (χ1) is 12.0. The number of halogens is 3. The summed E-state index contributed by atoms with van der Waals surface area (Å²) >= 11 is 0. The largest absolute Gasteiger partial charge is 0.504 e. The fourth-order valence-electron chi connectivity index (χ4n) is 2.22. The molecule has 0 saturated carbocycles. The van der Waals surface area contributed by atoms with Gasteiger partial charge in [0, 0.05) is 24.2 Å². The van der Waals surface area contributed by atoms with Gasteiger partial charge in [-0.05, 0) is 31.2 Å². The van der Waals surface area contributed by atoms with E-state index in [0.717, 1.165) is 18.2 Å². The van der Waals surface area contributed by atoms with Crippen LogP contribution >= 0.6 is 24.0 Å². The summed E-state index contributed by atoms with van der Waals surface area (Å²) in [6, 6.07) is 8.44. The number of hydrogen-bond acceptors (Lipinski definition) is 3. The van der Waals surface area contributed by atoms with E-state index in [1.807, 2.05) is 6.92 Å². The van der Waals surface area contributed by atoms with Gasteiger partial charge in [-0.2, -0.15) is 0 Å². The Balaban J connectivity index is 0.00000338. The maximum absolute atomic E-state index is 13.7. The monoisotopic (exact) mass is 477 g/mol. The van der Waals surface area contributed by atoms with E-state index in [2.05, 4.69) is 15.6 Å². The van der Waals surface area contributed by atoms with Gasteiger partial charge in [-0.3, -0.25) is 0 Å². The molecule has 0 fully saturated rings. The second-order valence-corrected chi connectivity index (χ2v) is 5.25. The lowest BCUT2D eigenvalue weighted by Crippen LogP contribution is -2.36. The minimum Gasteiger partial charge on any atom is -0.504 e. The van der Waals surface area contributed by atoms with Crippen molar-refractivity contribution in [2.45, 2.75) is 20.0 Å². The van der Waals surface area contributed by atoms with Crippen molar-refractivity contribution < 1.29 is 18.6 Å². The smallest absolute Gasteiger partial charge is 0.191 e. The minimum absolute atomic E-state index is 0. The van der Waals surface area contributed by atoms with E-state index in [1.54, 1.807) is 18.2 Å². The zero-order chi connectivity index (χ0) is 18.2. The number of phenolic OH excluding ortho intramolecular Hbond substituents is 1. The molecule has 142 valence electrons. The number of rotatable bonds is 6. The summed E-state index contributed by atoms with van der Waals surface area (Å²) < 4.78 is 32.0. The summed E-state index contributed by atoms with van der Waals surface area (Å²) in [6.07, 6.45) is 0. The summed E-state index contributed by atoms with van der Waals surface area (Å²) in [4.78, 5) is 4.25. The van der Waals surface area contributed by atoms with E-state index in [1.165, 1.54) is 7.11 Å². The molecule has 0 aliphatic heterocycles. The molecule has 0 amide bonds. The number of ether oxygens (including phenoxy) is 1. The Hall–Kier alpha value is -2.10. The molecule has 26 heavy (non-hydrogen) atoms. The van der Waals surface area contributed by atoms with Crippen LogP contribution < -0.4 is 15.4 Å². The Labute approximate surface area is 168 Å². The van der Waals surface area contributed by atoms with Crippen LogP contribution in [0.25, 0.3) is 0 Å². The molecule has 2 aromatic carbocycles. The standard InChI is InChI=1S/C18H21F2N3O2.HI/c1-3-21-18(23-11-13-9-14(19)7-8-15(13)20)22-10-12-5-4-6-16(25-2)17(12)24;/h4-9,24H,3,10-11H2,1-2H3,(H2,21,22,23);1H. The van der Waals surface area contributed by atoms with Crippen LogP contribution in [0.1, 0.15) is 18.1 Å². The first kappa shape index (κ1) is 21.9. The number of guanidine groups is 1. The van der Waals surface area contributed by atoms with Crippen molar-refractivity contribution in [3.05, 3.63) is 59.2 Å². The average Bonchev–Trinajstić information content (AvgIpc) is 2.61. The van der Waals surface area contributed by atoms with Crippen molar-refractivity contribution in [3.8, 4) is 11.5 Å². The van der Waals surface area contributed by atoms with Gasteiger partial charge >= 0.3 is 0 Å². The summed E-state index contributed by atoms with van der Waals surface area (Å²) in [5, 5.41) is 16.1. The molecular formula is C18H22F2IN3O2. The highest BCUT2D eigenvalue weighted by Gasteiger charge is 2.08. The van der Waals surface area contributed by atoms with Crippen molar-refractivity contribution in [3.63, 3.8) is 0 Å². The molecule has 0 radical (unpaired) electrons. The first-order valence-electron chi connectivity index (χ1n) is 7.86. The van der Waals surface area contributed by atoms with Crippen LogP contribution in [0.3, 0.4) is 0 Å². The maximum atomic E-state index is 13.7. The molecule has 0 unspecified atom stereocenters. The predicted octanol–water partition coefficient (Wildman–Crippen LogP) is 3.55. The Bertz CT molecular complexity index is 757. The van der Waals surface area contributed by atoms with Crippen LogP contribution in [-0.4, -0.2) is 24.7 Å².